The Balaban J connectivity index is 1.76. The number of hydrogen-bond donors (Lipinski definition) is 0. The van der Waals surface area contributed by atoms with Crippen LogP contribution in [-0.4, -0.2) is 72.8 Å². The molecule has 3 fully saturated rings. The van der Waals surface area contributed by atoms with Gasteiger partial charge in [0.2, 0.25) is 5.91 Å². The van der Waals surface area contributed by atoms with E-state index in [-0.39, 0.29) is 23.4 Å². The number of halogens is 1. The zero-order valence-corrected chi connectivity index (χ0v) is 15.2. The molecule has 25 heavy (non-hydrogen) atoms. The van der Waals surface area contributed by atoms with E-state index in [0.717, 1.165) is 24.9 Å². The van der Waals surface area contributed by atoms with Crippen LogP contribution in [0.15, 0.2) is 18.2 Å². The summed E-state index contributed by atoms with van der Waals surface area (Å²) in [4.78, 5) is 30.5. The molecule has 0 saturated carbocycles. The van der Waals surface area contributed by atoms with Crippen molar-refractivity contribution in [2.24, 2.45) is 5.92 Å². The number of aryl methyl sites for hydroxylation is 1. The molecule has 4 rings (SSSR count). The molecule has 0 N–H and O–H groups in total. The average Bonchev–Trinajstić information content (AvgIpc) is 2.84. The first-order valence-electron chi connectivity index (χ1n) is 8.84. The standard InChI is InChI=1S/C19H26FN3O2/c1-13-4-7-16(17(20)8-13)19(25)23-10-14-5-6-15(23)11-22(9-14)12-18(24)21(2)3/h4,7-8,14-15H,5-6,9-12H2,1-3H3/t14-,15+/m0/s1. The zero-order valence-electron chi connectivity index (χ0n) is 15.2. The van der Waals surface area contributed by atoms with Crippen molar-refractivity contribution >= 4 is 11.8 Å². The van der Waals surface area contributed by atoms with E-state index in [4.69, 9.17) is 0 Å². The van der Waals surface area contributed by atoms with Crippen molar-refractivity contribution in [1.82, 2.24) is 14.7 Å². The number of nitrogens with zero attached hydrogens (tertiary/aromatic N) is 3. The number of benzene rings is 1. The van der Waals surface area contributed by atoms with Gasteiger partial charge in [0.15, 0.2) is 0 Å². The summed E-state index contributed by atoms with van der Waals surface area (Å²) in [7, 11) is 3.51. The quantitative estimate of drug-likeness (QED) is 0.837. The van der Waals surface area contributed by atoms with E-state index in [9.17, 15) is 14.0 Å². The monoisotopic (exact) mass is 347 g/mol. The van der Waals surface area contributed by atoms with E-state index in [2.05, 4.69) is 4.90 Å². The van der Waals surface area contributed by atoms with Gasteiger partial charge in [-0.15, -0.1) is 0 Å². The van der Waals surface area contributed by atoms with Crippen LogP contribution >= 0.6 is 0 Å². The fourth-order valence-electron chi connectivity index (χ4n) is 3.84. The second-order valence-electron chi connectivity index (χ2n) is 7.52. The Kier molecular flexibility index (Phi) is 5.08. The molecule has 1 aromatic carbocycles. The number of carbonyl (C=O) groups excluding carboxylic acids is 2. The average molecular weight is 347 g/mol. The fraction of sp³-hybridized carbons (Fsp3) is 0.579. The summed E-state index contributed by atoms with van der Waals surface area (Å²) in [5.74, 6) is -0.271. The van der Waals surface area contributed by atoms with Crippen LogP contribution in [0.2, 0.25) is 0 Å². The molecule has 0 spiro atoms. The maximum absolute atomic E-state index is 14.2. The molecule has 0 radical (unpaired) electrons. The molecule has 3 saturated heterocycles. The van der Waals surface area contributed by atoms with Gasteiger partial charge in [0.1, 0.15) is 5.82 Å². The maximum Gasteiger partial charge on any atom is 0.257 e. The Morgan fingerprint density at radius 3 is 2.64 bits per heavy atom. The van der Waals surface area contributed by atoms with Gasteiger partial charge in [-0.2, -0.15) is 0 Å². The summed E-state index contributed by atoms with van der Waals surface area (Å²) >= 11 is 0. The molecular weight excluding hydrogens is 321 g/mol. The van der Waals surface area contributed by atoms with E-state index >= 15 is 0 Å². The number of rotatable bonds is 3. The predicted molar refractivity (Wildman–Crippen MR) is 93.8 cm³/mol. The number of piperidine rings is 1. The lowest BCUT2D eigenvalue weighted by atomic mass is 9.94. The van der Waals surface area contributed by atoms with Gasteiger partial charge in [-0.1, -0.05) is 6.07 Å². The van der Waals surface area contributed by atoms with Gasteiger partial charge in [0.05, 0.1) is 12.1 Å². The second kappa shape index (κ2) is 7.12. The van der Waals surface area contributed by atoms with Crippen LogP contribution in [0, 0.1) is 18.7 Å². The third-order valence-corrected chi connectivity index (χ3v) is 5.26. The first-order chi connectivity index (χ1) is 11.8. The van der Waals surface area contributed by atoms with Gasteiger partial charge in [0, 0.05) is 39.8 Å². The molecule has 1 aromatic rings. The fourth-order valence-corrected chi connectivity index (χ4v) is 3.84. The summed E-state index contributed by atoms with van der Waals surface area (Å²) in [5.41, 5.74) is 0.953. The molecule has 0 aromatic heterocycles. The van der Waals surface area contributed by atoms with Crippen LogP contribution in [0.3, 0.4) is 0 Å². The van der Waals surface area contributed by atoms with E-state index < -0.39 is 5.82 Å². The third kappa shape index (κ3) is 3.84. The predicted octanol–water partition coefficient (Wildman–Crippen LogP) is 1.76. The normalized spacial score (nSPS) is 23.4. The van der Waals surface area contributed by atoms with Crippen molar-refractivity contribution in [3.63, 3.8) is 0 Å². The minimum absolute atomic E-state index is 0.0434. The van der Waals surface area contributed by atoms with Gasteiger partial charge in [-0.05, 0) is 43.4 Å². The largest absolute Gasteiger partial charge is 0.348 e. The zero-order chi connectivity index (χ0) is 18.1. The Bertz CT molecular complexity index is 677. The highest BCUT2D eigenvalue weighted by Crippen LogP contribution is 2.29. The maximum atomic E-state index is 14.2. The summed E-state index contributed by atoms with van der Waals surface area (Å²) in [6, 6.07) is 4.81. The molecular formula is C19H26FN3O2. The van der Waals surface area contributed by atoms with Crippen LogP contribution < -0.4 is 0 Å². The molecule has 2 amide bonds. The van der Waals surface area contributed by atoms with Crippen LogP contribution in [0.4, 0.5) is 4.39 Å². The van der Waals surface area contributed by atoms with Gasteiger partial charge >= 0.3 is 0 Å². The SMILES string of the molecule is Cc1ccc(C(=O)N2C[C@H]3CC[C@@H]2CN(CC(=O)N(C)C)C3)c(F)c1. The molecule has 2 bridgehead atoms. The van der Waals surface area contributed by atoms with Gasteiger partial charge in [-0.25, -0.2) is 4.39 Å². The van der Waals surface area contributed by atoms with Crippen molar-refractivity contribution in [3.05, 3.63) is 35.1 Å². The highest BCUT2D eigenvalue weighted by Gasteiger charge is 2.38. The highest BCUT2D eigenvalue weighted by atomic mass is 19.1. The summed E-state index contributed by atoms with van der Waals surface area (Å²) in [6.07, 6.45) is 1.97. The van der Waals surface area contributed by atoms with Crippen molar-refractivity contribution in [1.29, 1.82) is 0 Å². The summed E-state index contributed by atoms with van der Waals surface area (Å²) in [6.45, 7) is 4.32. The molecule has 2 atom stereocenters. The second-order valence-corrected chi connectivity index (χ2v) is 7.52. The van der Waals surface area contributed by atoms with Gasteiger partial charge in [-0.3, -0.25) is 14.5 Å². The van der Waals surface area contributed by atoms with Crippen molar-refractivity contribution in [2.75, 3.05) is 40.3 Å². The lowest BCUT2D eigenvalue weighted by molar-refractivity contribution is -0.129. The van der Waals surface area contributed by atoms with Crippen molar-refractivity contribution in [2.45, 2.75) is 25.8 Å². The Hall–Kier alpha value is -1.95. The lowest BCUT2D eigenvalue weighted by Gasteiger charge is -2.36. The number of hydrogen-bond acceptors (Lipinski definition) is 3. The topological polar surface area (TPSA) is 43.9 Å². The summed E-state index contributed by atoms with van der Waals surface area (Å²) < 4.78 is 14.2. The Labute approximate surface area is 148 Å². The van der Waals surface area contributed by atoms with Crippen molar-refractivity contribution < 1.29 is 14.0 Å². The van der Waals surface area contributed by atoms with Crippen LogP contribution in [0.1, 0.15) is 28.8 Å². The molecule has 136 valence electrons. The van der Waals surface area contributed by atoms with E-state index in [1.165, 1.54) is 6.07 Å². The molecule has 3 aliphatic heterocycles. The molecule has 0 aliphatic carbocycles. The van der Waals surface area contributed by atoms with Crippen LogP contribution in [0.25, 0.3) is 0 Å². The van der Waals surface area contributed by atoms with Gasteiger partial charge < -0.3 is 9.80 Å². The number of amides is 2. The van der Waals surface area contributed by atoms with Crippen LogP contribution in [0.5, 0.6) is 0 Å². The minimum atomic E-state index is -0.454. The van der Waals surface area contributed by atoms with E-state index in [0.29, 0.717) is 25.6 Å². The van der Waals surface area contributed by atoms with E-state index in [1.54, 1.807) is 31.1 Å². The lowest BCUT2D eigenvalue weighted by Crippen LogP contribution is -2.48. The third-order valence-electron chi connectivity index (χ3n) is 5.26. The smallest absolute Gasteiger partial charge is 0.257 e. The molecule has 0 unspecified atom stereocenters. The van der Waals surface area contributed by atoms with Gasteiger partial charge in [0.25, 0.3) is 5.91 Å². The molecule has 6 heteroatoms. The first kappa shape index (κ1) is 17.9. The number of likely N-dealkylation sites (N-methyl/N-ethyl adjacent to an activating group) is 1. The van der Waals surface area contributed by atoms with E-state index in [1.807, 2.05) is 11.8 Å². The van der Waals surface area contributed by atoms with Crippen molar-refractivity contribution in [3.8, 4) is 0 Å². The van der Waals surface area contributed by atoms with Crippen LogP contribution in [-0.2, 0) is 4.79 Å². The summed E-state index contributed by atoms with van der Waals surface area (Å²) in [5, 5.41) is 0. The first-order valence-corrected chi connectivity index (χ1v) is 8.84. The number of carbonyl (C=O) groups is 2. The number of fused-ring (bicyclic) bond motifs is 4. The Morgan fingerprint density at radius 1 is 1.20 bits per heavy atom. The highest BCUT2D eigenvalue weighted by molar-refractivity contribution is 5.95. The minimum Gasteiger partial charge on any atom is -0.348 e. The Morgan fingerprint density at radius 2 is 1.96 bits per heavy atom. The molecule has 3 aliphatic rings. The molecule has 5 nitrogen and oxygen atoms in total. The molecule has 3 heterocycles.